The van der Waals surface area contributed by atoms with Crippen LogP contribution in [-0.4, -0.2) is 79.4 Å². The van der Waals surface area contributed by atoms with E-state index in [1.807, 2.05) is 0 Å². The smallest absolute Gasteiger partial charge is 0.330 e. The Labute approximate surface area is 226 Å². The van der Waals surface area contributed by atoms with Gasteiger partial charge in [-0.3, -0.25) is 14.9 Å². The van der Waals surface area contributed by atoms with Gasteiger partial charge in [-0.05, 0) is 59.3 Å². The second-order valence-corrected chi connectivity index (χ2v) is 12.6. The Bertz CT molecular complexity index is 1540. The number of benzene rings is 2. The molecule has 2 aliphatic rings. The Morgan fingerprint density at radius 2 is 1.90 bits per heavy atom. The van der Waals surface area contributed by atoms with Crippen molar-refractivity contribution in [2.24, 2.45) is 0 Å². The van der Waals surface area contributed by atoms with Gasteiger partial charge >= 0.3 is 5.97 Å². The van der Waals surface area contributed by atoms with Crippen LogP contribution in [0.25, 0.3) is 5.69 Å². The second-order valence-electron chi connectivity index (χ2n) is 9.11. The van der Waals surface area contributed by atoms with Crippen LogP contribution in [0.15, 0.2) is 53.7 Å². The molecule has 3 aromatic rings. The van der Waals surface area contributed by atoms with Crippen molar-refractivity contribution in [1.29, 1.82) is 0 Å². The molecule has 1 aromatic heterocycles. The molecule has 0 unspecified atom stereocenters. The molecule has 16 heteroatoms. The number of hydrogen-bond acceptors (Lipinski definition) is 12. The third kappa shape index (κ3) is 4.48. The Hall–Kier alpha value is -4.05. The van der Waals surface area contributed by atoms with E-state index in [1.54, 1.807) is 24.3 Å². The van der Waals surface area contributed by atoms with Gasteiger partial charge in [0, 0.05) is 17.9 Å². The fourth-order valence-corrected chi connectivity index (χ4v) is 8.37. The number of ether oxygens (including phenoxy) is 2. The number of aromatic nitrogens is 4. The first kappa shape index (κ1) is 26.6. The largest absolute Gasteiger partial charge is 0.497 e. The van der Waals surface area contributed by atoms with Crippen LogP contribution in [0.1, 0.15) is 18.9 Å². The lowest BCUT2D eigenvalue weighted by molar-refractivity contribution is -0.384. The third-order valence-electron chi connectivity index (χ3n) is 6.81. The highest BCUT2D eigenvalue weighted by molar-refractivity contribution is 8.01. The molecule has 2 aromatic carbocycles. The van der Waals surface area contributed by atoms with Gasteiger partial charge in [-0.1, -0.05) is 11.8 Å². The second kappa shape index (κ2) is 9.92. The zero-order valence-corrected chi connectivity index (χ0v) is 22.3. The van der Waals surface area contributed by atoms with Crippen molar-refractivity contribution in [2.75, 3.05) is 12.9 Å². The van der Waals surface area contributed by atoms with E-state index < -0.39 is 42.8 Å². The number of rotatable bonds is 9. The summed E-state index contributed by atoms with van der Waals surface area (Å²) in [6.45, 7) is 1.17. The predicted molar refractivity (Wildman–Crippen MR) is 136 cm³/mol. The van der Waals surface area contributed by atoms with Crippen LogP contribution >= 0.6 is 11.8 Å². The van der Waals surface area contributed by atoms with E-state index >= 15 is 0 Å². The lowest BCUT2D eigenvalue weighted by Crippen LogP contribution is -2.58. The Morgan fingerprint density at radius 1 is 1.21 bits per heavy atom. The number of nitro benzene ring substituents is 1. The number of β-lactam (4-membered cyclic amide) rings is 1. The zero-order valence-electron chi connectivity index (χ0n) is 20.7. The van der Waals surface area contributed by atoms with Gasteiger partial charge in [0.25, 0.3) is 5.69 Å². The molecular weight excluding hydrogens is 552 g/mol. The molecule has 2 fully saturated rings. The van der Waals surface area contributed by atoms with E-state index in [-0.39, 0.29) is 29.6 Å². The summed E-state index contributed by atoms with van der Waals surface area (Å²) in [7, 11) is -2.44. The number of carbonyl (C=O) groups excluding carboxylic acids is 2. The highest BCUT2D eigenvalue weighted by Gasteiger charge is 2.70. The molecule has 0 spiro atoms. The van der Waals surface area contributed by atoms with Gasteiger partial charge in [-0.15, -0.1) is 5.10 Å². The standard InChI is InChI=1S/C23H22N6O8S2/c1-23(13-38-22-24-25-26-28(22)15-7-9-17(36-2)10-8-15)20(27-18(30)11-19(27)39(23,34)35)21(31)37-12-14-3-5-16(6-4-14)29(32)33/h3-10,19-20H,11-13H2,1-2H3/t19-,20-,23-/m0/s1. The SMILES string of the molecule is COc1ccc(-n2nnnc2SC[C@@]2(C)[C@H](C(=O)OCc3ccc([N+](=O)[O-])cc3)N3C(=O)C[C@@H]3S2(=O)=O)cc1. The molecule has 0 N–H and O–H groups in total. The lowest BCUT2D eigenvalue weighted by atomic mass is 9.98. The van der Waals surface area contributed by atoms with E-state index in [1.165, 1.54) is 43.0 Å². The summed E-state index contributed by atoms with van der Waals surface area (Å²) in [5.74, 6) is -0.846. The third-order valence-corrected chi connectivity index (χ3v) is 11.0. The fourth-order valence-electron chi connectivity index (χ4n) is 4.56. The van der Waals surface area contributed by atoms with Gasteiger partial charge in [0.1, 0.15) is 22.5 Å². The normalized spacial score (nSPS) is 23.1. The molecule has 2 saturated heterocycles. The predicted octanol–water partition coefficient (Wildman–Crippen LogP) is 1.53. The molecule has 1 amide bonds. The van der Waals surface area contributed by atoms with Gasteiger partial charge in [-0.2, -0.15) is 4.68 Å². The van der Waals surface area contributed by atoms with Crippen LogP contribution in [0.4, 0.5) is 5.69 Å². The minimum atomic E-state index is -3.98. The first-order valence-corrected chi connectivity index (χ1v) is 14.1. The summed E-state index contributed by atoms with van der Waals surface area (Å²) in [6, 6.07) is 10.9. The molecule has 14 nitrogen and oxygen atoms in total. The van der Waals surface area contributed by atoms with E-state index in [0.29, 0.717) is 17.0 Å². The number of tetrazole rings is 1. The van der Waals surface area contributed by atoms with Crippen LogP contribution in [0.5, 0.6) is 5.75 Å². The Kier molecular flexibility index (Phi) is 6.76. The molecule has 39 heavy (non-hydrogen) atoms. The van der Waals surface area contributed by atoms with Gasteiger partial charge in [0.2, 0.25) is 11.1 Å². The highest BCUT2D eigenvalue weighted by Crippen LogP contribution is 2.48. The molecule has 0 aliphatic carbocycles. The van der Waals surface area contributed by atoms with E-state index in [2.05, 4.69) is 15.5 Å². The quantitative estimate of drug-likeness (QED) is 0.119. The number of sulfone groups is 1. The summed E-state index contributed by atoms with van der Waals surface area (Å²) in [5.41, 5.74) is 0.958. The first-order valence-electron chi connectivity index (χ1n) is 11.6. The summed E-state index contributed by atoms with van der Waals surface area (Å²) < 4.78 is 37.4. The zero-order chi connectivity index (χ0) is 27.9. The number of esters is 1. The maximum absolute atomic E-state index is 13.5. The van der Waals surface area contributed by atoms with Gasteiger partial charge in [0.15, 0.2) is 15.9 Å². The topological polar surface area (TPSA) is 177 Å². The average molecular weight is 575 g/mol. The molecule has 204 valence electrons. The van der Waals surface area contributed by atoms with E-state index in [9.17, 15) is 28.1 Å². The number of thioether (sulfide) groups is 1. The summed E-state index contributed by atoms with van der Waals surface area (Å²) >= 11 is 1.04. The lowest BCUT2D eigenvalue weighted by Gasteiger charge is -2.36. The van der Waals surface area contributed by atoms with Gasteiger partial charge < -0.3 is 14.4 Å². The van der Waals surface area contributed by atoms with Crippen LogP contribution in [0.3, 0.4) is 0 Å². The van der Waals surface area contributed by atoms with Crippen LogP contribution in [0, 0.1) is 10.1 Å². The number of methoxy groups -OCH3 is 1. The molecule has 5 rings (SSSR count). The molecule has 0 radical (unpaired) electrons. The highest BCUT2D eigenvalue weighted by atomic mass is 32.2. The first-order chi connectivity index (χ1) is 18.6. The van der Waals surface area contributed by atoms with Crippen LogP contribution in [0.2, 0.25) is 0 Å². The molecule has 3 atom stereocenters. The van der Waals surface area contributed by atoms with Crippen molar-refractivity contribution in [3.8, 4) is 11.4 Å². The Morgan fingerprint density at radius 3 is 2.51 bits per heavy atom. The summed E-state index contributed by atoms with van der Waals surface area (Å²) in [6.07, 6.45) is -0.210. The van der Waals surface area contributed by atoms with Crippen molar-refractivity contribution in [3.05, 3.63) is 64.2 Å². The number of nitrogens with zero attached hydrogens (tertiary/aromatic N) is 6. The van der Waals surface area contributed by atoms with E-state index in [0.717, 1.165) is 16.7 Å². The Balaban J connectivity index is 1.37. The molecule has 0 bridgehead atoms. The monoisotopic (exact) mass is 574 g/mol. The number of nitro groups is 1. The number of non-ortho nitro benzene ring substituents is 1. The number of hydrogen-bond donors (Lipinski definition) is 0. The molecule has 0 saturated carbocycles. The van der Waals surface area contributed by atoms with Crippen LogP contribution in [-0.2, 0) is 30.8 Å². The molecule has 3 heterocycles. The summed E-state index contributed by atoms with van der Waals surface area (Å²) in [4.78, 5) is 37.1. The maximum atomic E-state index is 13.5. The fraction of sp³-hybridized carbons (Fsp3) is 0.348. The van der Waals surface area contributed by atoms with Crippen molar-refractivity contribution in [1.82, 2.24) is 25.1 Å². The minimum Gasteiger partial charge on any atom is -0.497 e. The maximum Gasteiger partial charge on any atom is 0.330 e. The summed E-state index contributed by atoms with van der Waals surface area (Å²) in [5, 5.41) is 21.7. The van der Waals surface area contributed by atoms with Gasteiger partial charge in [-0.25, -0.2) is 13.2 Å². The van der Waals surface area contributed by atoms with Crippen LogP contribution < -0.4 is 4.74 Å². The molecular formula is C23H22N6O8S2. The molecule has 2 aliphatic heterocycles. The van der Waals surface area contributed by atoms with E-state index in [4.69, 9.17) is 9.47 Å². The van der Waals surface area contributed by atoms with Gasteiger partial charge in [0.05, 0.1) is 24.1 Å². The minimum absolute atomic E-state index is 0.123. The average Bonchev–Trinajstić information content (AvgIpc) is 3.45. The van der Waals surface area contributed by atoms with Crippen molar-refractivity contribution in [2.45, 2.75) is 41.3 Å². The van der Waals surface area contributed by atoms with Crippen molar-refractivity contribution < 1.29 is 32.4 Å². The number of carbonyl (C=O) groups is 2. The van der Waals surface area contributed by atoms with Crippen molar-refractivity contribution >= 4 is 39.2 Å². The van der Waals surface area contributed by atoms with Crippen molar-refractivity contribution in [3.63, 3.8) is 0 Å². The number of fused-ring (bicyclic) bond motifs is 1. The number of amides is 1.